The van der Waals surface area contributed by atoms with Crippen molar-refractivity contribution in [2.45, 2.75) is 47.7 Å². The Hall–Kier alpha value is -1.92. The molecule has 0 aliphatic rings. The van der Waals surface area contributed by atoms with Gasteiger partial charge in [-0.25, -0.2) is 0 Å². The fourth-order valence-electron chi connectivity index (χ4n) is 0.829. The average molecular weight is 406 g/mol. The molecule has 0 aromatic carbocycles. The molecule has 0 aromatic heterocycles. The Bertz CT molecular complexity index is 424. The van der Waals surface area contributed by atoms with Crippen LogP contribution in [-0.2, 0) is 47.7 Å². The van der Waals surface area contributed by atoms with Crippen LogP contribution in [0, 0.1) is 0 Å². The third-order valence-electron chi connectivity index (χ3n) is 1.07. The number of hydrogen-bond acceptors (Lipinski definition) is 12. The predicted molar refractivity (Wildman–Crippen MR) is 76.9 cm³/mol. The summed E-state index contributed by atoms with van der Waals surface area (Å²) in [5.74, 6) is -6.08. The first-order valence-electron chi connectivity index (χ1n) is 6.27. The molecule has 0 N–H and O–H groups in total. The molecule has 0 saturated heterocycles. The Morgan fingerprint density at radius 3 is 0.731 bits per heavy atom. The first kappa shape index (κ1) is 31.8. The minimum absolute atomic E-state index is 0. The van der Waals surface area contributed by atoms with Crippen molar-refractivity contribution in [1.29, 1.82) is 0 Å². The van der Waals surface area contributed by atoms with Gasteiger partial charge in [0, 0.05) is 39.6 Å². The van der Waals surface area contributed by atoms with Crippen molar-refractivity contribution in [2.75, 3.05) is 0 Å². The van der Waals surface area contributed by atoms with E-state index in [2.05, 4.69) is 18.9 Å². The van der Waals surface area contributed by atoms with Gasteiger partial charge in [0.25, 0.3) is 0 Å². The van der Waals surface area contributed by atoms with Crippen LogP contribution in [0.2, 0.25) is 0 Å². The first-order chi connectivity index (χ1) is 11.1. The van der Waals surface area contributed by atoms with E-state index in [1.165, 1.54) is 0 Å². The third kappa shape index (κ3) is 30.0. The number of rotatable bonds is 4. The summed E-state index contributed by atoms with van der Waals surface area (Å²) in [4.78, 5) is 61.0. The van der Waals surface area contributed by atoms with Crippen LogP contribution in [0.25, 0.3) is 0 Å². The van der Waals surface area contributed by atoms with Crippen LogP contribution in [0.5, 0.6) is 0 Å². The summed E-state index contributed by atoms with van der Waals surface area (Å²) in [6, 6.07) is 0. The fraction of sp³-hybridized carbons (Fsp3) is 0.538. The van der Waals surface area contributed by atoms with Gasteiger partial charge in [-0.1, -0.05) is 0 Å². The molecule has 0 aliphatic heterocycles. The van der Waals surface area contributed by atoms with Gasteiger partial charge in [-0.15, -0.1) is 0 Å². The number of carbonyl (C=O) groups excluding carboxylic acids is 6. The van der Waals surface area contributed by atoms with E-state index in [0.29, 0.717) is 0 Å². The zero-order valence-corrected chi connectivity index (χ0v) is 17.3. The summed E-state index contributed by atoms with van der Waals surface area (Å²) >= 11 is 0. The Balaban J connectivity index is -0.000000226. The summed E-state index contributed by atoms with van der Waals surface area (Å²) in [6.07, 6.45) is -2.81. The summed E-state index contributed by atoms with van der Waals surface area (Å²) in [6.45, 7) is 5.74. The largest absolute Gasteiger partial charge is 2.00 e. The van der Waals surface area contributed by atoms with Crippen molar-refractivity contribution in [2.24, 2.45) is 0 Å². The van der Waals surface area contributed by atoms with Crippen molar-refractivity contribution in [1.82, 2.24) is 0 Å². The van der Waals surface area contributed by atoms with Crippen molar-refractivity contribution in [3.63, 3.8) is 0 Å². The maximum atomic E-state index is 10.8. The molecule has 0 amide bonds. The van der Waals surface area contributed by atoms with Gasteiger partial charge in [0.15, 0.2) is 0 Å². The number of esters is 4. The van der Waals surface area contributed by atoms with Crippen LogP contribution >= 0.6 is 0 Å². The summed E-state index contributed by atoms with van der Waals surface area (Å²) < 4.78 is 17.6. The van der Waals surface area contributed by atoms with E-state index in [-0.39, 0.29) is 37.7 Å². The Kier molecular flexibility index (Phi) is 20.2. The van der Waals surface area contributed by atoms with E-state index >= 15 is 0 Å². The standard InChI is InChI=1S/C9H12O8.2C2H4O2.Ca/c1-5(10)14-9(15-6(2)11,16-7(3)12)17-8(4)13;2*1-2(3)4;/h1-4H3;2*1H3,(H,3,4);/q;;;+2/p-2. The zero-order chi connectivity index (χ0) is 20.8. The van der Waals surface area contributed by atoms with Crippen molar-refractivity contribution >= 4 is 73.6 Å². The molecule has 0 fully saturated rings. The molecule has 0 aromatic rings. The van der Waals surface area contributed by atoms with Gasteiger partial charge >= 0.3 is 67.8 Å². The van der Waals surface area contributed by atoms with E-state index in [9.17, 15) is 19.2 Å². The second kappa shape index (κ2) is 16.5. The molecule has 0 unspecified atom stereocenters. The second-order valence-corrected chi connectivity index (χ2v) is 3.86. The SMILES string of the molecule is CC(=O)OC(OC(C)=O)(OC(C)=O)OC(C)=O.CC(=O)[O-].CC(=O)[O-].[Ca+2]. The van der Waals surface area contributed by atoms with E-state index in [1.54, 1.807) is 0 Å². The van der Waals surface area contributed by atoms with Gasteiger partial charge in [-0.05, 0) is 13.8 Å². The number of aliphatic carboxylic acids is 2. The fourth-order valence-corrected chi connectivity index (χ4v) is 0.829. The average Bonchev–Trinajstić information content (AvgIpc) is 2.20. The minimum atomic E-state index is -2.81. The van der Waals surface area contributed by atoms with Crippen molar-refractivity contribution in [3.05, 3.63) is 0 Å². The van der Waals surface area contributed by atoms with Gasteiger partial charge in [-0.3, -0.25) is 19.2 Å². The third-order valence-corrected chi connectivity index (χ3v) is 1.07. The van der Waals surface area contributed by atoms with Crippen molar-refractivity contribution in [3.8, 4) is 0 Å². The molecule has 13 heteroatoms. The second-order valence-electron chi connectivity index (χ2n) is 3.86. The normalized spacial score (nSPS) is 8.54. The van der Waals surface area contributed by atoms with Crippen LogP contribution in [0.4, 0.5) is 0 Å². The quantitative estimate of drug-likeness (QED) is 0.262. The predicted octanol–water partition coefficient (Wildman–Crippen LogP) is -3.02. The van der Waals surface area contributed by atoms with Gasteiger partial charge in [0.05, 0.1) is 0 Å². The van der Waals surface area contributed by atoms with E-state index < -0.39 is 42.0 Å². The zero-order valence-electron chi connectivity index (χ0n) is 15.1. The molecule has 0 rings (SSSR count). The van der Waals surface area contributed by atoms with Gasteiger partial charge < -0.3 is 38.7 Å². The Morgan fingerprint density at radius 1 is 0.538 bits per heavy atom. The van der Waals surface area contributed by atoms with Gasteiger partial charge in [-0.2, -0.15) is 0 Å². The molecule has 0 radical (unpaired) electrons. The van der Waals surface area contributed by atoms with Crippen molar-refractivity contribution < 1.29 is 57.9 Å². The summed E-state index contributed by atoms with van der Waals surface area (Å²) in [5, 5.41) is 17.8. The molecule has 0 aliphatic carbocycles. The van der Waals surface area contributed by atoms with Crippen LogP contribution < -0.4 is 10.2 Å². The summed E-state index contributed by atoms with van der Waals surface area (Å²) in [5.41, 5.74) is 0. The Morgan fingerprint density at radius 2 is 0.654 bits per heavy atom. The Labute approximate surface area is 178 Å². The molecule has 26 heavy (non-hydrogen) atoms. The number of carbonyl (C=O) groups is 6. The molecule has 0 heterocycles. The van der Waals surface area contributed by atoms with E-state index in [0.717, 1.165) is 41.5 Å². The molecule has 0 saturated carbocycles. The van der Waals surface area contributed by atoms with Gasteiger partial charge in [0.2, 0.25) is 0 Å². The molecule has 0 atom stereocenters. The monoisotopic (exact) mass is 406 g/mol. The number of ether oxygens (including phenoxy) is 4. The van der Waals surface area contributed by atoms with Crippen LogP contribution in [-0.4, -0.2) is 79.7 Å². The number of carboxylic acids is 2. The van der Waals surface area contributed by atoms with Gasteiger partial charge in [0.1, 0.15) is 0 Å². The minimum Gasteiger partial charge on any atom is -0.550 e. The maximum Gasteiger partial charge on any atom is 2.00 e. The molecular weight excluding hydrogens is 388 g/mol. The number of carboxylic acid groups (broad SMARTS) is 2. The number of hydrogen-bond donors (Lipinski definition) is 0. The smallest absolute Gasteiger partial charge is 0.550 e. The first-order valence-corrected chi connectivity index (χ1v) is 6.27. The summed E-state index contributed by atoms with van der Waals surface area (Å²) in [7, 11) is 0. The van der Waals surface area contributed by atoms with E-state index in [4.69, 9.17) is 19.8 Å². The molecule has 144 valence electrons. The van der Waals surface area contributed by atoms with E-state index in [1.807, 2.05) is 0 Å². The molecular formula is C13H18CaO12. The van der Waals surface area contributed by atoms with Crippen LogP contribution in [0.3, 0.4) is 0 Å². The van der Waals surface area contributed by atoms with Crippen LogP contribution in [0.1, 0.15) is 41.5 Å². The van der Waals surface area contributed by atoms with Crippen LogP contribution in [0.15, 0.2) is 0 Å². The molecule has 12 nitrogen and oxygen atoms in total. The maximum absolute atomic E-state index is 10.8. The molecule has 0 bridgehead atoms. The molecule has 0 spiro atoms. The topological polar surface area (TPSA) is 185 Å².